The Bertz CT molecular complexity index is 5050. The van der Waals surface area contributed by atoms with Crippen molar-refractivity contribution in [2.24, 2.45) is 0 Å². The summed E-state index contributed by atoms with van der Waals surface area (Å²) < 4.78 is 127. The van der Waals surface area contributed by atoms with Crippen LogP contribution in [-0.4, -0.2) is 67.0 Å². The molecule has 16 rings (SSSR count). The molecule has 0 spiro atoms. The van der Waals surface area contributed by atoms with E-state index in [0.29, 0.717) is 45.0 Å². The maximum atomic E-state index is 13.2. The molecule has 0 aliphatic heterocycles. The Morgan fingerprint density at radius 1 is 0.319 bits per heavy atom. The van der Waals surface area contributed by atoms with Gasteiger partial charge in [0, 0.05) is 119 Å². The number of carbonyl (C=O) groups is 2. The molecule has 9 aromatic heterocycles. The van der Waals surface area contributed by atoms with Crippen LogP contribution in [0.5, 0.6) is 0 Å². The first-order valence-electron chi connectivity index (χ1n) is 34.5. The number of alkyl halides is 6. The van der Waals surface area contributed by atoms with Crippen molar-refractivity contribution < 1.29 is 124 Å². The minimum Gasteiger partial charge on any atom is -0.477 e. The fourth-order valence-electron chi connectivity index (χ4n) is 9.57. The molecule has 2 N–H and O–H groups in total. The normalized spacial score (nSPS) is 9.95. The van der Waals surface area contributed by atoms with Gasteiger partial charge in [-0.25, -0.2) is 19.6 Å². The summed E-state index contributed by atoms with van der Waals surface area (Å²) in [6.07, 6.45) is 5.71. The monoisotopic (exact) mass is 2140 g/mol. The van der Waals surface area contributed by atoms with Crippen LogP contribution >= 0.6 is 0 Å². The number of benzene rings is 7. The van der Waals surface area contributed by atoms with Gasteiger partial charge >= 0.3 is 44.4 Å². The minimum atomic E-state index is -4.38. The number of hydrogen-bond acceptors (Lipinski definition) is 11. The van der Waals surface area contributed by atoms with E-state index in [1.165, 1.54) is 24.5 Å². The number of aromatic nitrogens is 9. The molecule has 2 radical (unpaired) electrons. The van der Waals surface area contributed by atoms with Gasteiger partial charge in [-0.1, -0.05) is 134 Å². The van der Waals surface area contributed by atoms with Crippen LogP contribution in [0.1, 0.15) is 43.2 Å². The van der Waals surface area contributed by atoms with Crippen LogP contribution in [0.4, 0.5) is 43.9 Å². The number of hydrogen-bond donors (Lipinski definition) is 2. The Morgan fingerprint density at radius 3 is 0.866 bits per heavy atom. The van der Waals surface area contributed by atoms with Crippen LogP contribution in [-0.2, 0) is 72.7 Å². The zero-order valence-electron chi connectivity index (χ0n) is 62.3. The third-order valence-corrected chi connectivity index (χ3v) is 14.8. The molecule has 0 saturated carbocycles. The molecule has 9 heterocycles. The van der Waals surface area contributed by atoms with E-state index >= 15 is 0 Å². The number of pyridine rings is 9. The Hall–Kier alpha value is -12.9. The molecule has 0 aliphatic rings. The average Bonchev–Trinajstić information content (AvgIpc) is 0.828. The molecular formula is C93H64F10Ir3N9O4-4. The summed E-state index contributed by atoms with van der Waals surface area (Å²) in [4.78, 5) is 56.0. The minimum absolute atomic E-state index is 0. The summed E-state index contributed by atoms with van der Waals surface area (Å²) in [7, 11) is 0. The summed E-state index contributed by atoms with van der Waals surface area (Å²) in [6, 6.07) is 99.3. The van der Waals surface area contributed by atoms with Crippen molar-refractivity contribution >= 4 is 11.9 Å². The molecule has 0 bridgehead atoms. The second kappa shape index (κ2) is 51.2. The van der Waals surface area contributed by atoms with Crippen molar-refractivity contribution in [2.45, 2.75) is 26.2 Å². The SMILES string of the molecule is Cc1[c-]c(-c2ccccn2)cc(C(F)(F)F)c1.Cc1cc(-c2ccccn2)[c-]c(C(F)(F)F)c1.Fc1c[c-]c(-c2ccccn2)c(F)c1.Fc1c[c-]c(-c2ccccn2)c(F)c1.O=C(O)c1ccccn1.O=C(O)c1ccccn1.[Ir+3].[Ir].[Ir].[c-]1ccccc1-c1ccccn1.[c-]1ccccc1-c1ccccn1.[c-]1ccccc1-c1ccccn1. The largest absolute Gasteiger partial charge is 3.00 e. The molecule has 16 aromatic rings. The van der Waals surface area contributed by atoms with Gasteiger partial charge in [-0.05, 0) is 118 Å². The first-order valence-corrected chi connectivity index (χ1v) is 34.5. The van der Waals surface area contributed by atoms with Crippen molar-refractivity contribution in [1.29, 1.82) is 0 Å². The second-order valence-corrected chi connectivity index (χ2v) is 23.4. The molecule has 606 valence electrons. The number of carboxylic acids is 2. The van der Waals surface area contributed by atoms with Crippen LogP contribution in [0, 0.1) is 79.6 Å². The Morgan fingerprint density at radius 2 is 0.613 bits per heavy atom. The van der Waals surface area contributed by atoms with E-state index in [1.54, 1.807) is 160 Å². The van der Waals surface area contributed by atoms with Gasteiger partial charge < -0.3 is 45.1 Å². The summed E-state index contributed by atoms with van der Waals surface area (Å²) in [5.74, 6) is -4.55. The van der Waals surface area contributed by atoms with Crippen molar-refractivity contribution in [3.05, 3.63) is 440 Å². The Labute approximate surface area is 721 Å². The summed E-state index contributed by atoms with van der Waals surface area (Å²) in [5, 5.41) is 16.6. The van der Waals surface area contributed by atoms with E-state index < -0.39 is 58.7 Å². The van der Waals surface area contributed by atoms with Gasteiger partial charge in [0.1, 0.15) is 11.4 Å². The smallest absolute Gasteiger partial charge is 0.477 e. The van der Waals surface area contributed by atoms with Gasteiger partial charge in [0.15, 0.2) is 0 Å². The number of halogens is 10. The predicted molar refractivity (Wildman–Crippen MR) is 421 cm³/mol. The first-order chi connectivity index (χ1) is 56.0. The summed E-state index contributed by atoms with van der Waals surface area (Å²) >= 11 is 0. The van der Waals surface area contributed by atoms with Crippen LogP contribution in [0.25, 0.3) is 78.8 Å². The van der Waals surface area contributed by atoms with Gasteiger partial charge in [0.05, 0.1) is 0 Å². The molecule has 7 aromatic carbocycles. The van der Waals surface area contributed by atoms with Gasteiger partial charge in [-0.3, -0.25) is 17.6 Å². The van der Waals surface area contributed by atoms with Crippen molar-refractivity contribution in [3.8, 4) is 78.8 Å². The third kappa shape index (κ3) is 34.0. The third-order valence-electron chi connectivity index (χ3n) is 14.8. The van der Waals surface area contributed by atoms with E-state index in [-0.39, 0.29) is 82.8 Å². The fourth-order valence-corrected chi connectivity index (χ4v) is 9.57. The topological polar surface area (TPSA) is 191 Å². The van der Waals surface area contributed by atoms with E-state index in [4.69, 9.17) is 10.2 Å². The molecule has 0 saturated heterocycles. The predicted octanol–water partition coefficient (Wildman–Crippen LogP) is 22.6. The summed E-state index contributed by atoms with van der Waals surface area (Å²) in [6.45, 7) is 3.21. The maximum Gasteiger partial charge on any atom is 3.00 e. The summed E-state index contributed by atoms with van der Waals surface area (Å²) in [5.41, 5.74) is 8.71. The number of rotatable bonds is 9. The van der Waals surface area contributed by atoms with Crippen molar-refractivity contribution in [3.63, 3.8) is 0 Å². The number of aromatic carboxylic acids is 2. The zero-order valence-corrected chi connectivity index (χ0v) is 69.5. The van der Waals surface area contributed by atoms with Crippen LogP contribution in [0.3, 0.4) is 0 Å². The molecule has 0 unspecified atom stereocenters. The van der Waals surface area contributed by atoms with Crippen LogP contribution < -0.4 is 0 Å². The van der Waals surface area contributed by atoms with Crippen LogP contribution in [0.15, 0.2) is 341 Å². The van der Waals surface area contributed by atoms with E-state index in [2.05, 4.69) is 87.3 Å². The molecule has 26 heteroatoms. The molecule has 0 aliphatic carbocycles. The van der Waals surface area contributed by atoms with Gasteiger partial charge in [0.2, 0.25) is 0 Å². The second-order valence-electron chi connectivity index (χ2n) is 23.4. The molecule has 13 nitrogen and oxygen atoms in total. The fraction of sp³-hybridized carbons (Fsp3) is 0.0430. The average molecular weight is 2140 g/mol. The van der Waals surface area contributed by atoms with Crippen molar-refractivity contribution in [1.82, 2.24) is 44.9 Å². The first kappa shape index (κ1) is 96.7. The number of aryl methyl sites for hydroxylation is 2. The van der Waals surface area contributed by atoms with Crippen LogP contribution in [0.2, 0.25) is 0 Å². The van der Waals surface area contributed by atoms with Gasteiger partial charge in [-0.15, -0.1) is 191 Å². The molecule has 119 heavy (non-hydrogen) atoms. The van der Waals surface area contributed by atoms with Crippen molar-refractivity contribution in [2.75, 3.05) is 0 Å². The van der Waals surface area contributed by atoms with E-state index in [9.17, 15) is 53.5 Å². The Kier molecular flexibility index (Phi) is 41.6. The van der Waals surface area contributed by atoms with Gasteiger partial charge in [-0.2, -0.15) is 26.3 Å². The van der Waals surface area contributed by atoms with Gasteiger partial charge in [0.25, 0.3) is 0 Å². The van der Waals surface area contributed by atoms with E-state index in [1.807, 2.05) is 127 Å². The van der Waals surface area contributed by atoms with E-state index in [0.717, 1.165) is 76.2 Å². The zero-order chi connectivity index (χ0) is 82.9. The molecule has 0 fully saturated rings. The molecule has 0 amide bonds. The number of carboxylic acid groups (broad SMARTS) is 2. The Balaban J connectivity index is 0.000000239. The molecule has 0 atom stereocenters. The standard InChI is InChI=1S/2C13H9F3N.2C11H6F2N.3C11H8N.2C6H5NO2.3Ir/c2*1-9-6-10(12-4-2-3-5-17-12)8-11(7-9)13(14,15)16;2*12-8-4-5-9(10(13)7-8)11-3-1-2-6-14-11;3*1-2-6-10(7-3-1)11-8-4-5-9-12-11;2*8-6(9)5-3-1-2-4-7-5;;;/h2-5,7-8H,1H3;2-7H,1H3;2*1-4,6-7H;3*1-6,8-9H;2*1-4H,(H,8,9);;;/q7*-1;;;;;+3. The molecular weight excluding hydrogens is 2070 g/mol. The maximum absolute atomic E-state index is 13.2. The quantitative estimate of drug-likeness (QED) is 0.103. The number of nitrogens with zero attached hydrogens (tertiary/aromatic N) is 9.